The average Bonchev–Trinajstić information content (AvgIpc) is 3.06. The first-order chi connectivity index (χ1) is 13.9. The molecule has 1 heterocycles. The van der Waals surface area contributed by atoms with Crippen LogP contribution in [0.3, 0.4) is 0 Å². The normalized spacial score (nSPS) is 11.1. The molecular weight excluding hydrogens is 387 g/mol. The number of rotatable bonds is 8. The summed E-state index contributed by atoms with van der Waals surface area (Å²) in [7, 11) is 1.95. The lowest BCUT2D eigenvalue weighted by Crippen LogP contribution is -2.26. The second-order valence-electron chi connectivity index (χ2n) is 7.25. The van der Waals surface area contributed by atoms with E-state index in [4.69, 9.17) is 0 Å². The zero-order chi connectivity index (χ0) is 20.8. The minimum atomic E-state index is -0.265. The van der Waals surface area contributed by atoms with Gasteiger partial charge in [0.05, 0.1) is 0 Å². The van der Waals surface area contributed by atoms with Crippen LogP contribution in [-0.4, -0.2) is 33.0 Å². The Morgan fingerprint density at radius 2 is 1.69 bits per heavy atom. The van der Waals surface area contributed by atoms with Crippen molar-refractivity contribution in [2.75, 3.05) is 12.3 Å². The Labute approximate surface area is 174 Å². The number of nitrogens with one attached hydrogen (secondary N) is 1. The van der Waals surface area contributed by atoms with Gasteiger partial charge in [-0.05, 0) is 41.3 Å². The van der Waals surface area contributed by atoms with E-state index < -0.39 is 0 Å². The minimum Gasteiger partial charge on any atom is -0.352 e. The fraction of sp³-hybridized carbons (Fsp3) is 0.318. The number of amides is 1. The Morgan fingerprint density at radius 1 is 1.07 bits per heavy atom. The van der Waals surface area contributed by atoms with Crippen LogP contribution < -0.4 is 5.32 Å². The fourth-order valence-corrected chi connectivity index (χ4v) is 3.66. The number of aromatic nitrogens is 3. The lowest BCUT2D eigenvalue weighted by atomic mass is 10.0. The molecule has 0 spiro atoms. The van der Waals surface area contributed by atoms with Gasteiger partial charge in [0.1, 0.15) is 11.6 Å². The number of hydrogen-bond donors (Lipinski definition) is 1. The molecule has 0 fully saturated rings. The molecule has 0 unspecified atom stereocenters. The monoisotopic (exact) mass is 412 g/mol. The minimum absolute atomic E-state index is 0.132. The highest BCUT2D eigenvalue weighted by Crippen LogP contribution is 2.20. The van der Waals surface area contributed by atoms with Crippen LogP contribution in [0.15, 0.2) is 53.7 Å². The standard InChI is InChI=1S/C22H25FN4OS/c1-15(2)14-29-22-26-25-20(27(22)3)12-13-24-21(28)18-6-4-16(5-7-18)17-8-10-19(23)11-9-17/h4-11,15H,12-14H2,1-3H3,(H,24,28). The van der Waals surface area contributed by atoms with Crippen LogP contribution in [-0.2, 0) is 13.5 Å². The van der Waals surface area contributed by atoms with Gasteiger partial charge in [-0.25, -0.2) is 4.39 Å². The molecule has 0 bridgehead atoms. The van der Waals surface area contributed by atoms with Crippen LogP contribution in [0.2, 0.25) is 0 Å². The summed E-state index contributed by atoms with van der Waals surface area (Å²) in [5, 5.41) is 12.3. The van der Waals surface area contributed by atoms with Gasteiger partial charge in [0.25, 0.3) is 5.91 Å². The Bertz CT molecular complexity index is 952. The number of benzene rings is 2. The van der Waals surface area contributed by atoms with Crippen molar-refractivity contribution < 1.29 is 9.18 Å². The lowest BCUT2D eigenvalue weighted by molar-refractivity contribution is 0.0954. The van der Waals surface area contributed by atoms with Gasteiger partial charge in [-0.1, -0.05) is 49.9 Å². The van der Waals surface area contributed by atoms with Gasteiger partial charge < -0.3 is 9.88 Å². The Morgan fingerprint density at radius 3 is 2.31 bits per heavy atom. The molecule has 0 aliphatic carbocycles. The lowest BCUT2D eigenvalue weighted by Gasteiger charge is -2.07. The molecule has 0 aliphatic rings. The molecule has 1 aromatic heterocycles. The van der Waals surface area contributed by atoms with Crippen molar-refractivity contribution in [1.29, 1.82) is 0 Å². The van der Waals surface area contributed by atoms with Crippen LogP contribution >= 0.6 is 11.8 Å². The molecule has 1 amide bonds. The molecule has 5 nitrogen and oxygen atoms in total. The SMILES string of the molecule is CC(C)CSc1nnc(CCNC(=O)c2ccc(-c3ccc(F)cc3)cc2)n1C. The second-order valence-corrected chi connectivity index (χ2v) is 8.24. The van der Waals surface area contributed by atoms with E-state index in [-0.39, 0.29) is 11.7 Å². The van der Waals surface area contributed by atoms with Gasteiger partial charge in [0, 0.05) is 31.3 Å². The van der Waals surface area contributed by atoms with Crippen molar-refractivity contribution in [3.05, 3.63) is 65.7 Å². The van der Waals surface area contributed by atoms with E-state index >= 15 is 0 Å². The predicted molar refractivity (Wildman–Crippen MR) is 114 cm³/mol. The van der Waals surface area contributed by atoms with Gasteiger partial charge >= 0.3 is 0 Å². The fourth-order valence-electron chi connectivity index (χ4n) is 2.78. The predicted octanol–water partition coefficient (Wildman–Crippen LogP) is 4.34. The Balaban J connectivity index is 1.53. The third-order valence-electron chi connectivity index (χ3n) is 4.43. The summed E-state index contributed by atoms with van der Waals surface area (Å²) >= 11 is 1.69. The maximum absolute atomic E-state index is 13.0. The smallest absolute Gasteiger partial charge is 0.251 e. The number of carbonyl (C=O) groups is 1. The van der Waals surface area contributed by atoms with Crippen LogP contribution in [0.25, 0.3) is 11.1 Å². The largest absolute Gasteiger partial charge is 0.352 e. The van der Waals surface area contributed by atoms with E-state index in [1.54, 1.807) is 36.0 Å². The highest BCUT2D eigenvalue weighted by atomic mass is 32.2. The molecule has 0 saturated carbocycles. The highest BCUT2D eigenvalue weighted by molar-refractivity contribution is 7.99. The third kappa shape index (κ3) is 5.67. The highest BCUT2D eigenvalue weighted by Gasteiger charge is 2.11. The van der Waals surface area contributed by atoms with Crippen LogP contribution in [0, 0.1) is 11.7 Å². The summed E-state index contributed by atoms with van der Waals surface area (Å²) in [5.74, 6) is 2.04. The molecule has 3 aromatic rings. The zero-order valence-electron chi connectivity index (χ0n) is 16.9. The zero-order valence-corrected chi connectivity index (χ0v) is 17.7. The molecule has 0 radical (unpaired) electrons. The first-order valence-corrected chi connectivity index (χ1v) is 10.6. The summed E-state index contributed by atoms with van der Waals surface area (Å²) in [6.45, 7) is 4.83. The van der Waals surface area contributed by atoms with Crippen molar-refractivity contribution >= 4 is 17.7 Å². The van der Waals surface area contributed by atoms with Crippen LogP contribution in [0.5, 0.6) is 0 Å². The molecular formula is C22H25FN4OS. The number of nitrogens with zero attached hydrogens (tertiary/aromatic N) is 3. The van der Waals surface area contributed by atoms with Crippen molar-refractivity contribution in [3.63, 3.8) is 0 Å². The van der Waals surface area contributed by atoms with Crippen molar-refractivity contribution in [2.45, 2.75) is 25.4 Å². The van der Waals surface area contributed by atoms with E-state index in [0.717, 1.165) is 27.9 Å². The maximum atomic E-state index is 13.0. The molecule has 3 rings (SSSR count). The van der Waals surface area contributed by atoms with Gasteiger partial charge in [-0.2, -0.15) is 0 Å². The maximum Gasteiger partial charge on any atom is 0.251 e. The number of hydrogen-bond acceptors (Lipinski definition) is 4. The van der Waals surface area contributed by atoms with Gasteiger partial charge in [0.15, 0.2) is 5.16 Å². The Kier molecular flexibility index (Phi) is 7.04. The van der Waals surface area contributed by atoms with Crippen LogP contribution in [0.4, 0.5) is 4.39 Å². The number of carbonyl (C=O) groups excluding carboxylic acids is 1. The van der Waals surface area contributed by atoms with Crippen LogP contribution in [0.1, 0.15) is 30.0 Å². The quantitative estimate of drug-likeness (QED) is 0.559. The summed E-state index contributed by atoms with van der Waals surface area (Å²) in [5.41, 5.74) is 2.43. The summed E-state index contributed by atoms with van der Waals surface area (Å²) in [4.78, 5) is 12.4. The molecule has 0 atom stereocenters. The van der Waals surface area contributed by atoms with Crippen molar-refractivity contribution in [1.82, 2.24) is 20.1 Å². The summed E-state index contributed by atoms with van der Waals surface area (Å²) in [6, 6.07) is 13.6. The third-order valence-corrected chi connectivity index (χ3v) is 5.88. The molecule has 0 saturated heterocycles. The molecule has 2 aromatic carbocycles. The Hall–Kier alpha value is -2.67. The molecule has 7 heteroatoms. The summed E-state index contributed by atoms with van der Waals surface area (Å²) in [6.07, 6.45) is 0.616. The summed E-state index contributed by atoms with van der Waals surface area (Å²) < 4.78 is 15.0. The first kappa shape index (κ1) is 21.0. The van der Waals surface area contributed by atoms with Gasteiger partial charge in [0.2, 0.25) is 0 Å². The topological polar surface area (TPSA) is 59.8 Å². The van der Waals surface area contributed by atoms with E-state index in [0.29, 0.717) is 24.4 Å². The van der Waals surface area contributed by atoms with Crippen molar-refractivity contribution in [3.8, 4) is 11.1 Å². The number of thioether (sulfide) groups is 1. The van der Waals surface area contributed by atoms with E-state index in [2.05, 4.69) is 29.4 Å². The average molecular weight is 413 g/mol. The first-order valence-electron chi connectivity index (χ1n) is 9.59. The number of halogens is 1. The van der Waals surface area contributed by atoms with Crippen molar-refractivity contribution in [2.24, 2.45) is 13.0 Å². The van der Waals surface area contributed by atoms with Gasteiger partial charge in [-0.15, -0.1) is 10.2 Å². The molecule has 152 valence electrons. The van der Waals surface area contributed by atoms with E-state index in [1.807, 2.05) is 23.7 Å². The molecule has 29 heavy (non-hydrogen) atoms. The van der Waals surface area contributed by atoms with Gasteiger partial charge in [-0.3, -0.25) is 4.79 Å². The molecule has 1 N–H and O–H groups in total. The van der Waals surface area contributed by atoms with E-state index in [9.17, 15) is 9.18 Å². The van der Waals surface area contributed by atoms with E-state index in [1.165, 1.54) is 12.1 Å². The second kappa shape index (κ2) is 9.69. The molecule has 0 aliphatic heterocycles.